The molecule has 0 aromatic heterocycles. The minimum absolute atomic E-state index is 0.0121. The molecule has 0 aliphatic rings. The van der Waals surface area contributed by atoms with Crippen LogP contribution < -0.4 is 21.7 Å². The molecule has 0 aromatic rings. The Hall–Kier alpha value is -1.64. The van der Waals surface area contributed by atoms with Crippen LogP contribution in [0.25, 0.3) is 0 Å². The average Bonchev–Trinajstić information content (AvgIpc) is 2.70. The number of carboxylic acid groups (broad SMARTS) is 2. The molecule has 4 unspecified atom stereocenters. The third-order valence-electron chi connectivity index (χ3n) is 3.85. The van der Waals surface area contributed by atoms with Crippen LogP contribution in [-0.2, 0) is 24.0 Å². The van der Waals surface area contributed by atoms with Gasteiger partial charge < -0.3 is 31.9 Å². The topological polar surface area (TPSA) is 188 Å². The highest BCUT2D eigenvalue weighted by atomic mass is 32.2. The quantitative estimate of drug-likeness (QED) is 0.126. The first-order valence-electron chi connectivity index (χ1n) is 8.89. The minimum Gasteiger partial charge on any atom is -0.481 e. The summed E-state index contributed by atoms with van der Waals surface area (Å²) in [5.74, 6) is -4.31. The van der Waals surface area contributed by atoms with Crippen LogP contribution >= 0.6 is 37.0 Å². The third kappa shape index (κ3) is 10.9. The number of carbonyl (C=O) groups excluding carboxylic acids is 3. The van der Waals surface area contributed by atoms with Gasteiger partial charge in [-0.1, -0.05) is 0 Å². The maximum absolute atomic E-state index is 12.7. The summed E-state index contributed by atoms with van der Waals surface area (Å²) in [6.07, 6.45) is 1.35. The molecule has 0 saturated heterocycles. The number of carboxylic acids is 2. The van der Waals surface area contributed by atoms with Crippen molar-refractivity contribution in [2.24, 2.45) is 5.73 Å². The fourth-order valence-electron chi connectivity index (χ4n) is 2.13. The van der Waals surface area contributed by atoms with Gasteiger partial charge in [-0.15, -0.1) is 0 Å². The van der Waals surface area contributed by atoms with Crippen LogP contribution in [0.15, 0.2) is 0 Å². The molecule has 0 radical (unpaired) electrons. The molecule has 0 aliphatic heterocycles. The van der Waals surface area contributed by atoms with E-state index in [0.29, 0.717) is 5.75 Å². The van der Waals surface area contributed by atoms with E-state index in [1.54, 1.807) is 6.26 Å². The molecule has 4 atom stereocenters. The van der Waals surface area contributed by atoms with E-state index in [-0.39, 0.29) is 24.3 Å². The van der Waals surface area contributed by atoms with Crippen molar-refractivity contribution in [2.45, 2.75) is 43.4 Å². The summed E-state index contributed by atoms with van der Waals surface area (Å²) >= 11 is 9.19. The van der Waals surface area contributed by atoms with E-state index in [0.717, 1.165) is 0 Å². The van der Waals surface area contributed by atoms with Crippen LogP contribution in [0.2, 0.25) is 0 Å². The first-order valence-corrected chi connectivity index (χ1v) is 11.5. The molecule has 14 heteroatoms. The lowest BCUT2D eigenvalue weighted by Crippen LogP contribution is -2.57. The van der Waals surface area contributed by atoms with E-state index in [1.165, 1.54) is 11.8 Å². The van der Waals surface area contributed by atoms with Gasteiger partial charge in [-0.25, -0.2) is 4.79 Å². The SMILES string of the molecule is CSCCC(NC(=O)C(CCC(=O)O)NC(=O)C(N)CS)C(=O)NC(CS)C(=O)O. The van der Waals surface area contributed by atoms with Gasteiger partial charge in [-0.2, -0.15) is 37.0 Å². The van der Waals surface area contributed by atoms with Gasteiger partial charge in [0.25, 0.3) is 0 Å². The smallest absolute Gasteiger partial charge is 0.327 e. The molecule has 11 nitrogen and oxygen atoms in total. The summed E-state index contributed by atoms with van der Waals surface area (Å²) in [5, 5.41) is 25.1. The van der Waals surface area contributed by atoms with Crippen LogP contribution in [0, 0.1) is 0 Å². The van der Waals surface area contributed by atoms with Crippen molar-refractivity contribution in [1.29, 1.82) is 0 Å². The standard InChI is InChI=1S/C16H28N4O7S3/c1-30-5-4-10(15(25)20-11(7-29)16(26)27)19-14(24)9(2-3-12(21)22)18-13(23)8(17)6-28/h8-11,28-29H,2-7,17H2,1H3,(H,18,23)(H,19,24)(H,20,25)(H,21,22)(H,26,27). The zero-order valence-electron chi connectivity index (χ0n) is 16.4. The number of aliphatic carboxylic acids is 2. The molecule has 0 saturated carbocycles. The number of nitrogens with two attached hydrogens (primary N) is 1. The normalized spacial score (nSPS) is 14.7. The molecule has 7 N–H and O–H groups in total. The zero-order chi connectivity index (χ0) is 23.3. The lowest BCUT2D eigenvalue weighted by Gasteiger charge is -2.24. The van der Waals surface area contributed by atoms with Crippen molar-refractivity contribution >= 4 is 66.7 Å². The van der Waals surface area contributed by atoms with Gasteiger partial charge in [-0.05, 0) is 24.9 Å². The van der Waals surface area contributed by atoms with E-state index in [9.17, 15) is 24.0 Å². The van der Waals surface area contributed by atoms with Gasteiger partial charge in [0, 0.05) is 17.9 Å². The molecule has 0 spiro atoms. The highest BCUT2D eigenvalue weighted by Gasteiger charge is 2.30. The molecule has 3 amide bonds. The van der Waals surface area contributed by atoms with Crippen LogP contribution in [0.1, 0.15) is 19.3 Å². The minimum atomic E-state index is -1.28. The monoisotopic (exact) mass is 484 g/mol. The van der Waals surface area contributed by atoms with Crippen LogP contribution in [0.3, 0.4) is 0 Å². The number of carbonyl (C=O) groups is 5. The molecular formula is C16H28N4O7S3. The lowest BCUT2D eigenvalue weighted by atomic mass is 10.1. The second kappa shape index (κ2) is 15.2. The van der Waals surface area contributed by atoms with Crippen LogP contribution in [0.5, 0.6) is 0 Å². The van der Waals surface area contributed by atoms with E-state index in [2.05, 4.69) is 41.2 Å². The fraction of sp³-hybridized carbons (Fsp3) is 0.688. The van der Waals surface area contributed by atoms with E-state index < -0.39 is 60.2 Å². The number of thioether (sulfide) groups is 1. The third-order valence-corrected chi connectivity index (χ3v) is 5.26. The maximum atomic E-state index is 12.7. The first-order chi connectivity index (χ1) is 14.1. The zero-order valence-corrected chi connectivity index (χ0v) is 19.0. The van der Waals surface area contributed by atoms with Gasteiger partial charge in [0.15, 0.2) is 0 Å². The fourth-order valence-corrected chi connectivity index (χ4v) is 3.02. The highest BCUT2D eigenvalue weighted by molar-refractivity contribution is 7.98. The van der Waals surface area contributed by atoms with Crippen LogP contribution in [0.4, 0.5) is 0 Å². The Morgan fingerprint density at radius 1 is 0.867 bits per heavy atom. The van der Waals surface area contributed by atoms with Gasteiger partial charge in [0.05, 0.1) is 6.04 Å². The predicted octanol–water partition coefficient (Wildman–Crippen LogP) is -1.67. The van der Waals surface area contributed by atoms with E-state index >= 15 is 0 Å². The lowest BCUT2D eigenvalue weighted by molar-refractivity contribution is -0.141. The van der Waals surface area contributed by atoms with Crippen molar-refractivity contribution in [1.82, 2.24) is 16.0 Å². The van der Waals surface area contributed by atoms with Gasteiger partial charge >= 0.3 is 11.9 Å². The summed E-state index contributed by atoms with van der Waals surface area (Å²) in [6, 6.07) is -4.58. The largest absolute Gasteiger partial charge is 0.481 e. The number of hydrogen-bond acceptors (Lipinski definition) is 9. The molecule has 0 aliphatic carbocycles. The number of nitrogens with one attached hydrogen (secondary N) is 3. The number of hydrogen-bond donors (Lipinski definition) is 8. The maximum Gasteiger partial charge on any atom is 0.327 e. The van der Waals surface area contributed by atoms with Crippen molar-refractivity contribution in [3.05, 3.63) is 0 Å². The Labute approximate surface area is 189 Å². The van der Waals surface area contributed by atoms with E-state index in [1.807, 2.05) is 0 Å². The first kappa shape index (κ1) is 28.4. The van der Waals surface area contributed by atoms with Gasteiger partial charge in [-0.3, -0.25) is 19.2 Å². The Morgan fingerprint density at radius 2 is 1.37 bits per heavy atom. The van der Waals surface area contributed by atoms with Crippen LogP contribution in [-0.4, -0.2) is 87.6 Å². The summed E-state index contributed by atoms with van der Waals surface area (Å²) in [4.78, 5) is 59.2. The molecule has 172 valence electrons. The van der Waals surface area contributed by atoms with Crippen molar-refractivity contribution in [3.63, 3.8) is 0 Å². The van der Waals surface area contributed by atoms with Gasteiger partial charge in [0.2, 0.25) is 17.7 Å². The Bertz CT molecular complexity index is 624. The molecule has 0 fully saturated rings. The molecule has 0 rings (SSSR count). The second-order valence-electron chi connectivity index (χ2n) is 6.21. The van der Waals surface area contributed by atoms with Crippen molar-refractivity contribution in [3.8, 4) is 0 Å². The Morgan fingerprint density at radius 3 is 1.80 bits per heavy atom. The molecule has 30 heavy (non-hydrogen) atoms. The molecule has 0 bridgehead atoms. The molecule has 0 aromatic carbocycles. The number of amides is 3. The Kier molecular flexibility index (Phi) is 14.4. The second-order valence-corrected chi connectivity index (χ2v) is 7.92. The summed E-state index contributed by atoms with van der Waals surface area (Å²) in [7, 11) is 0. The van der Waals surface area contributed by atoms with Gasteiger partial charge in [0.1, 0.15) is 18.1 Å². The predicted molar refractivity (Wildman–Crippen MR) is 119 cm³/mol. The molecule has 0 heterocycles. The Balaban J connectivity index is 5.36. The number of rotatable bonds is 15. The van der Waals surface area contributed by atoms with Crippen molar-refractivity contribution in [2.75, 3.05) is 23.5 Å². The average molecular weight is 485 g/mol. The number of thiol groups is 2. The summed E-state index contributed by atoms with van der Waals surface area (Å²) in [6.45, 7) is 0. The molecular weight excluding hydrogens is 456 g/mol. The summed E-state index contributed by atoms with van der Waals surface area (Å²) in [5.41, 5.74) is 5.57. The highest BCUT2D eigenvalue weighted by Crippen LogP contribution is 2.05. The van der Waals surface area contributed by atoms with E-state index in [4.69, 9.17) is 15.9 Å². The summed E-state index contributed by atoms with van der Waals surface area (Å²) < 4.78 is 0. The van der Waals surface area contributed by atoms with Crippen molar-refractivity contribution < 1.29 is 34.2 Å².